The lowest BCUT2D eigenvalue weighted by Gasteiger charge is -2.12. The Bertz CT molecular complexity index is 1220. The summed E-state index contributed by atoms with van der Waals surface area (Å²) in [4.78, 5) is 24.4. The van der Waals surface area contributed by atoms with Crippen LogP contribution in [0.5, 0.6) is 5.75 Å². The van der Waals surface area contributed by atoms with Crippen LogP contribution in [-0.2, 0) is 19.9 Å². The van der Waals surface area contributed by atoms with Crippen LogP contribution >= 0.6 is 0 Å². The largest absolute Gasteiger partial charge is 0.491 e. The zero-order chi connectivity index (χ0) is 24.2. The van der Waals surface area contributed by atoms with E-state index in [-0.39, 0.29) is 34.5 Å². The van der Waals surface area contributed by atoms with Gasteiger partial charge in [-0.3, -0.25) is 20.4 Å². The Kier molecular flexibility index (Phi) is 7.40. The Morgan fingerprint density at radius 3 is 1.91 bits per heavy atom. The topological polar surface area (TPSA) is 148 Å². The highest BCUT2D eigenvalue weighted by atomic mass is 32.2. The summed E-state index contributed by atoms with van der Waals surface area (Å²) in [6, 6.07) is 10.8. The van der Waals surface area contributed by atoms with Gasteiger partial charge in [0.15, 0.2) is 9.84 Å². The number of nitrogens with one attached hydrogen (secondary N) is 3. The third-order valence-electron chi connectivity index (χ3n) is 4.76. The van der Waals surface area contributed by atoms with Gasteiger partial charge < -0.3 is 4.74 Å². The van der Waals surface area contributed by atoms with Gasteiger partial charge in [-0.25, -0.2) is 21.6 Å². The molecule has 1 fully saturated rings. The molecule has 0 saturated carbocycles. The van der Waals surface area contributed by atoms with Crippen LogP contribution in [0.4, 0.5) is 0 Å². The number of hydrazine groups is 1. The second-order valence-corrected chi connectivity index (χ2v) is 11.8. The van der Waals surface area contributed by atoms with Gasteiger partial charge in [-0.2, -0.15) is 0 Å². The molecule has 0 radical (unpaired) electrons. The fraction of sp³-hybridized carbons (Fsp3) is 0.333. The van der Waals surface area contributed by atoms with Crippen LogP contribution in [0, 0.1) is 0 Å². The lowest BCUT2D eigenvalue weighted by Crippen LogP contribution is -2.41. The van der Waals surface area contributed by atoms with Crippen molar-refractivity contribution >= 4 is 31.7 Å². The highest BCUT2D eigenvalue weighted by Crippen LogP contribution is 2.17. The van der Waals surface area contributed by atoms with Crippen molar-refractivity contribution < 1.29 is 31.2 Å². The van der Waals surface area contributed by atoms with Crippen LogP contribution < -0.4 is 20.3 Å². The van der Waals surface area contributed by atoms with E-state index < -0.39 is 37.7 Å². The van der Waals surface area contributed by atoms with E-state index in [9.17, 15) is 26.4 Å². The van der Waals surface area contributed by atoms with Gasteiger partial charge in [-0.1, -0.05) is 0 Å². The van der Waals surface area contributed by atoms with E-state index in [1.54, 1.807) is 24.3 Å². The molecule has 0 bridgehead atoms. The van der Waals surface area contributed by atoms with Crippen LogP contribution in [0.25, 0.3) is 0 Å². The smallest absolute Gasteiger partial charge is 0.269 e. The highest BCUT2D eigenvalue weighted by molar-refractivity contribution is 7.92. The van der Waals surface area contributed by atoms with Gasteiger partial charge in [-0.15, -0.1) is 0 Å². The molecule has 10 nitrogen and oxygen atoms in total. The molecule has 3 N–H and O–H groups in total. The molecule has 2 aromatic carbocycles. The summed E-state index contributed by atoms with van der Waals surface area (Å²) in [7, 11) is -7.16. The van der Waals surface area contributed by atoms with Gasteiger partial charge in [0, 0.05) is 17.2 Å². The molecule has 1 atom stereocenters. The third-order valence-corrected chi connectivity index (χ3v) is 8.06. The van der Waals surface area contributed by atoms with Gasteiger partial charge in [0.05, 0.1) is 22.5 Å². The average molecular weight is 496 g/mol. The number of benzene rings is 2. The fourth-order valence-corrected chi connectivity index (χ4v) is 6.23. The van der Waals surface area contributed by atoms with Crippen LogP contribution in [0.1, 0.15) is 41.0 Å². The second kappa shape index (κ2) is 9.89. The molecule has 1 aliphatic heterocycles. The minimum absolute atomic E-state index is 0.0000220. The predicted octanol–water partition coefficient (Wildman–Crippen LogP) is 1.01. The van der Waals surface area contributed by atoms with Crippen molar-refractivity contribution in [3.05, 3.63) is 59.7 Å². The molecule has 1 unspecified atom stereocenters. The Morgan fingerprint density at radius 2 is 1.45 bits per heavy atom. The summed E-state index contributed by atoms with van der Waals surface area (Å²) in [5.41, 5.74) is 5.00. The first-order chi connectivity index (χ1) is 15.4. The molecule has 0 spiro atoms. The first-order valence-electron chi connectivity index (χ1n) is 10.2. The lowest BCUT2D eigenvalue weighted by atomic mass is 10.2. The maximum Gasteiger partial charge on any atom is 0.269 e. The number of ether oxygens (including phenoxy) is 1. The van der Waals surface area contributed by atoms with Crippen molar-refractivity contribution in [3.63, 3.8) is 0 Å². The lowest BCUT2D eigenvalue weighted by molar-refractivity contribution is 0.0846. The molecule has 1 saturated heterocycles. The van der Waals surface area contributed by atoms with E-state index in [1.165, 1.54) is 24.3 Å². The minimum atomic E-state index is -3.94. The van der Waals surface area contributed by atoms with E-state index in [0.717, 1.165) is 0 Å². The number of amides is 2. The Labute approximate surface area is 192 Å². The van der Waals surface area contributed by atoms with E-state index >= 15 is 0 Å². The van der Waals surface area contributed by atoms with Crippen molar-refractivity contribution in [2.75, 3.05) is 11.5 Å². The van der Waals surface area contributed by atoms with Gasteiger partial charge in [0.2, 0.25) is 10.0 Å². The average Bonchev–Trinajstić information content (AvgIpc) is 3.09. The first-order valence-corrected chi connectivity index (χ1v) is 13.5. The summed E-state index contributed by atoms with van der Waals surface area (Å²) in [5.74, 6) is -0.846. The Morgan fingerprint density at radius 1 is 0.939 bits per heavy atom. The molecule has 0 aromatic heterocycles. The van der Waals surface area contributed by atoms with Crippen LogP contribution in [-0.4, -0.2) is 52.3 Å². The SMILES string of the molecule is CC(C)Oc1ccc(C(=O)NNC(=O)c2ccc(S(=O)(=O)NC3CCS(=O)(=O)C3)cc2)cc1. The maximum atomic E-state index is 12.5. The minimum Gasteiger partial charge on any atom is -0.491 e. The number of rotatable bonds is 7. The van der Waals surface area contributed by atoms with E-state index in [1.807, 2.05) is 13.8 Å². The molecule has 33 heavy (non-hydrogen) atoms. The Balaban J connectivity index is 1.56. The van der Waals surface area contributed by atoms with Crippen molar-refractivity contribution in [2.24, 2.45) is 0 Å². The summed E-state index contributed by atoms with van der Waals surface area (Å²) in [6.45, 7) is 3.77. The number of carbonyl (C=O) groups is 2. The number of sulfone groups is 1. The van der Waals surface area contributed by atoms with Crippen LogP contribution in [0.2, 0.25) is 0 Å². The van der Waals surface area contributed by atoms with E-state index in [2.05, 4.69) is 15.6 Å². The third kappa shape index (κ3) is 6.76. The van der Waals surface area contributed by atoms with Crippen LogP contribution in [0.15, 0.2) is 53.4 Å². The maximum absolute atomic E-state index is 12.5. The molecule has 12 heteroatoms. The summed E-state index contributed by atoms with van der Waals surface area (Å²) in [6.07, 6.45) is 0.217. The second-order valence-electron chi connectivity index (χ2n) is 7.84. The summed E-state index contributed by atoms with van der Waals surface area (Å²) < 4.78 is 55.9. The quantitative estimate of drug-likeness (QED) is 0.486. The predicted molar refractivity (Wildman–Crippen MR) is 121 cm³/mol. The van der Waals surface area contributed by atoms with Crippen molar-refractivity contribution in [2.45, 2.75) is 37.3 Å². The summed E-state index contributed by atoms with van der Waals surface area (Å²) >= 11 is 0. The molecular weight excluding hydrogens is 470 g/mol. The number of hydrogen-bond acceptors (Lipinski definition) is 7. The van der Waals surface area contributed by atoms with Crippen LogP contribution in [0.3, 0.4) is 0 Å². The molecule has 0 aliphatic carbocycles. The molecule has 1 aliphatic rings. The van der Waals surface area contributed by atoms with Crippen molar-refractivity contribution in [1.29, 1.82) is 0 Å². The van der Waals surface area contributed by atoms with Gasteiger partial charge in [0.1, 0.15) is 5.75 Å². The molecular formula is C21H25N3O7S2. The number of hydrogen-bond donors (Lipinski definition) is 3. The molecule has 3 rings (SSSR count). The first kappa shape index (κ1) is 24.7. The molecule has 2 amide bonds. The van der Waals surface area contributed by atoms with Gasteiger partial charge in [-0.05, 0) is 68.8 Å². The van der Waals surface area contributed by atoms with Crippen molar-refractivity contribution in [3.8, 4) is 5.75 Å². The van der Waals surface area contributed by atoms with E-state index in [0.29, 0.717) is 11.3 Å². The fourth-order valence-electron chi connectivity index (χ4n) is 3.18. The monoisotopic (exact) mass is 495 g/mol. The number of carbonyl (C=O) groups excluding carboxylic acids is 2. The number of sulfonamides is 1. The van der Waals surface area contributed by atoms with Gasteiger partial charge in [0.25, 0.3) is 11.8 Å². The summed E-state index contributed by atoms with van der Waals surface area (Å²) in [5, 5.41) is 0. The zero-order valence-corrected chi connectivity index (χ0v) is 19.7. The highest BCUT2D eigenvalue weighted by Gasteiger charge is 2.31. The molecule has 2 aromatic rings. The standard InChI is InChI=1S/C21H25N3O7S2/c1-14(2)31-18-7-3-15(4-8-18)20(25)22-23-21(26)16-5-9-19(10-6-16)33(29,30)24-17-11-12-32(27,28)13-17/h3-10,14,17,24H,11-13H2,1-2H3,(H,22,25)(H,23,26). The zero-order valence-electron chi connectivity index (χ0n) is 18.1. The molecule has 1 heterocycles. The van der Waals surface area contributed by atoms with Gasteiger partial charge >= 0.3 is 0 Å². The van der Waals surface area contributed by atoms with E-state index in [4.69, 9.17) is 4.74 Å². The molecule has 178 valence electrons. The Hall–Kier alpha value is -2.96. The van der Waals surface area contributed by atoms with Crippen molar-refractivity contribution in [1.82, 2.24) is 15.6 Å². The normalized spacial score (nSPS) is 17.5.